The summed E-state index contributed by atoms with van der Waals surface area (Å²) in [5, 5.41) is 2.86. The second-order valence-electron chi connectivity index (χ2n) is 7.55. The summed E-state index contributed by atoms with van der Waals surface area (Å²) in [7, 11) is 0. The summed E-state index contributed by atoms with van der Waals surface area (Å²) in [6.45, 7) is 3.48. The molecule has 0 unspecified atom stereocenters. The molecule has 1 aromatic heterocycles. The summed E-state index contributed by atoms with van der Waals surface area (Å²) in [5.74, 6) is 1.09. The van der Waals surface area contributed by atoms with Crippen LogP contribution in [0.2, 0.25) is 0 Å². The van der Waals surface area contributed by atoms with Crippen molar-refractivity contribution >= 4 is 11.7 Å². The van der Waals surface area contributed by atoms with Gasteiger partial charge in [0.25, 0.3) is 0 Å². The summed E-state index contributed by atoms with van der Waals surface area (Å²) in [6, 6.07) is 9.00. The fraction of sp³-hybridized carbons (Fsp3) is 0.455. The number of unbranched alkanes of at least 4 members (excludes halogenated alkanes) is 1. The van der Waals surface area contributed by atoms with Crippen LogP contribution in [0.1, 0.15) is 42.4 Å². The molecule has 0 atom stereocenters. The van der Waals surface area contributed by atoms with Crippen molar-refractivity contribution in [2.75, 3.05) is 25.0 Å². The maximum absolute atomic E-state index is 13.3. The van der Waals surface area contributed by atoms with Crippen molar-refractivity contribution in [2.45, 2.75) is 45.1 Å². The van der Waals surface area contributed by atoms with E-state index < -0.39 is 0 Å². The van der Waals surface area contributed by atoms with Crippen molar-refractivity contribution in [1.82, 2.24) is 9.88 Å². The molecule has 1 N–H and O–H groups in total. The Kier molecular flexibility index (Phi) is 5.86. The summed E-state index contributed by atoms with van der Waals surface area (Å²) in [5.41, 5.74) is 3.45. The number of carbonyl (C=O) groups excluding carboxylic acids is 1. The number of nitrogens with one attached hydrogen (secondary N) is 1. The van der Waals surface area contributed by atoms with E-state index in [0.29, 0.717) is 24.7 Å². The van der Waals surface area contributed by atoms with Crippen molar-refractivity contribution in [3.8, 4) is 5.88 Å². The van der Waals surface area contributed by atoms with E-state index in [1.807, 2.05) is 18.2 Å². The van der Waals surface area contributed by atoms with Crippen LogP contribution < -0.4 is 10.1 Å². The predicted molar refractivity (Wildman–Crippen MR) is 106 cm³/mol. The van der Waals surface area contributed by atoms with E-state index in [4.69, 9.17) is 4.74 Å². The van der Waals surface area contributed by atoms with Crippen LogP contribution in [0.5, 0.6) is 5.88 Å². The average molecular weight is 383 g/mol. The SMILES string of the molecule is O=C1CCCc2ccc(OCCCCN3CCc4cc(F)ccc4C3)nc2N1. The van der Waals surface area contributed by atoms with E-state index in [-0.39, 0.29) is 11.7 Å². The number of aryl methyl sites for hydroxylation is 1. The summed E-state index contributed by atoms with van der Waals surface area (Å²) in [4.78, 5) is 18.5. The minimum absolute atomic E-state index is 0.0224. The fourth-order valence-electron chi connectivity index (χ4n) is 3.88. The molecule has 28 heavy (non-hydrogen) atoms. The van der Waals surface area contributed by atoms with Gasteiger partial charge >= 0.3 is 0 Å². The summed E-state index contributed by atoms with van der Waals surface area (Å²) < 4.78 is 19.1. The highest BCUT2D eigenvalue weighted by molar-refractivity contribution is 5.91. The molecular weight excluding hydrogens is 357 g/mol. The van der Waals surface area contributed by atoms with Crippen LogP contribution in [0.4, 0.5) is 10.2 Å². The maximum atomic E-state index is 13.3. The van der Waals surface area contributed by atoms with E-state index in [9.17, 15) is 9.18 Å². The Hall–Kier alpha value is -2.47. The zero-order valence-corrected chi connectivity index (χ0v) is 16.0. The third kappa shape index (κ3) is 4.68. The summed E-state index contributed by atoms with van der Waals surface area (Å²) in [6.07, 6.45) is 5.16. The van der Waals surface area contributed by atoms with Crippen LogP contribution >= 0.6 is 0 Å². The number of amides is 1. The Morgan fingerprint density at radius 1 is 1.07 bits per heavy atom. The van der Waals surface area contributed by atoms with Crippen LogP contribution in [0, 0.1) is 5.82 Å². The zero-order chi connectivity index (χ0) is 19.3. The van der Waals surface area contributed by atoms with Crippen LogP contribution in [-0.2, 0) is 24.2 Å². The highest BCUT2D eigenvalue weighted by Crippen LogP contribution is 2.23. The minimum atomic E-state index is -0.143. The largest absolute Gasteiger partial charge is 0.478 e. The number of pyridine rings is 1. The number of rotatable bonds is 6. The lowest BCUT2D eigenvalue weighted by atomic mass is 9.99. The van der Waals surface area contributed by atoms with Gasteiger partial charge in [-0.3, -0.25) is 9.69 Å². The molecule has 1 amide bonds. The lowest BCUT2D eigenvalue weighted by molar-refractivity contribution is -0.116. The van der Waals surface area contributed by atoms with Crippen LogP contribution in [0.3, 0.4) is 0 Å². The molecule has 3 heterocycles. The van der Waals surface area contributed by atoms with Gasteiger partial charge in [-0.15, -0.1) is 0 Å². The van der Waals surface area contributed by atoms with Gasteiger partial charge in [0.1, 0.15) is 11.6 Å². The van der Waals surface area contributed by atoms with E-state index >= 15 is 0 Å². The third-order valence-corrected chi connectivity index (χ3v) is 5.44. The third-order valence-electron chi connectivity index (χ3n) is 5.44. The molecule has 4 rings (SSSR count). The first-order chi connectivity index (χ1) is 13.7. The molecule has 0 radical (unpaired) electrons. The summed E-state index contributed by atoms with van der Waals surface area (Å²) >= 11 is 0. The predicted octanol–water partition coefficient (Wildman–Crippen LogP) is 3.71. The number of fused-ring (bicyclic) bond motifs is 2. The molecule has 0 saturated carbocycles. The van der Waals surface area contributed by atoms with Gasteiger partial charge in [-0.2, -0.15) is 4.98 Å². The standard InChI is InChI=1S/C22H26FN3O2/c23-19-8-6-18-15-26(12-10-17(18)14-19)11-1-2-13-28-21-9-7-16-4-3-5-20(27)24-22(16)25-21/h6-9,14H,1-5,10-13,15H2,(H,24,25,27). The van der Waals surface area contributed by atoms with Gasteiger partial charge < -0.3 is 10.1 Å². The highest BCUT2D eigenvalue weighted by atomic mass is 19.1. The first-order valence-electron chi connectivity index (χ1n) is 10.1. The van der Waals surface area contributed by atoms with Crippen molar-refractivity contribution in [3.63, 3.8) is 0 Å². The number of ether oxygens (including phenoxy) is 1. The molecular formula is C22H26FN3O2. The van der Waals surface area contributed by atoms with Gasteiger partial charge in [0, 0.05) is 25.6 Å². The van der Waals surface area contributed by atoms with E-state index in [0.717, 1.165) is 62.9 Å². The number of aromatic nitrogens is 1. The highest BCUT2D eigenvalue weighted by Gasteiger charge is 2.17. The Bertz CT molecular complexity index is 856. The van der Waals surface area contributed by atoms with E-state index in [1.54, 1.807) is 12.1 Å². The number of halogens is 1. The van der Waals surface area contributed by atoms with Crippen molar-refractivity contribution in [2.24, 2.45) is 0 Å². The Labute approximate surface area is 164 Å². The van der Waals surface area contributed by atoms with Crippen molar-refractivity contribution < 1.29 is 13.9 Å². The normalized spacial score (nSPS) is 16.7. The molecule has 2 aliphatic rings. The molecule has 0 aliphatic carbocycles. The van der Waals surface area contributed by atoms with Crippen molar-refractivity contribution in [1.29, 1.82) is 0 Å². The lowest BCUT2D eigenvalue weighted by Gasteiger charge is -2.28. The Balaban J connectivity index is 1.20. The molecule has 148 valence electrons. The lowest BCUT2D eigenvalue weighted by Crippen LogP contribution is -2.31. The van der Waals surface area contributed by atoms with Gasteiger partial charge in [0.05, 0.1) is 6.61 Å². The smallest absolute Gasteiger partial charge is 0.225 e. The monoisotopic (exact) mass is 383 g/mol. The molecule has 1 aromatic carbocycles. The van der Waals surface area contributed by atoms with Crippen LogP contribution in [0.15, 0.2) is 30.3 Å². The van der Waals surface area contributed by atoms with Gasteiger partial charge in [-0.05, 0) is 73.5 Å². The molecule has 0 fully saturated rings. The molecule has 0 bridgehead atoms. The van der Waals surface area contributed by atoms with Crippen LogP contribution in [0.25, 0.3) is 0 Å². The average Bonchev–Trinajstić information content (AvgIpc) is 2.87. The van der Waals surface area contributed by atoms with Gasteiger partial charge in [-0.25, -0.2) is 4.39 Å². The topological polar surface area (TPSA) is 54.5 Å². The molecule has 5 nitrogen and oxygen atoms in total. The van der Waals surface area contributed by atoms with Crippen molar-refractivity contribution in [3.05, 3.63) is 52.8 Å². The Morgan fingerprint density at radius 3 is 2.89 bits per heavy atom. The number of nitrogens with zero attached hydrogens (tertiary/aromatic N) is 2. The quantitative estimate of drug-likeness (QED) is 0.773. The molecule has 0 saturated heterocycles. The first kappa shape index (κ1) is 18.9. The Morgan fingerprint density at radius 2 is 1.96 bits per heavy atom. The van der Waals surface area contributed by atoms with Gasteiger partial charge in [-0.1, -0.05) is 6.07 Å². The number of hydrogen-bond donors (Lipinski definition) is 1. The number of benzene rings is 1. The number of hydrogen-bond acceptors (Lipinski definition) is 4. The van der Waals surface area contributed by atoms with Crippen LogP contribution in [-0.4, -0.2) is 35.5 Å². The first-order valence-corrected chi connectivity index (χ1v) is 10.1. The second-order valence-corrected chi connectivity index (χ2v) is 7.55. The van der Waals surface area contributed by atoms with E-state index in [1.165, 1.54) is 5.56 Å². The van der Waals surface area contributed by atoms with Gasteiger partial charge in [0.2, 0.25) is 11.8 Å². The number of carbonyl (C=O) groups is 1. The second kappa shape index (κ2) is 8.69. The zero-order valence-electron chi connectivity index (χ0n) is 16.0. The molecule has 2 aliphatic heterocycles. The molecule has 0 spiro atoms. The minimum Gasteiger partial charge on any atom is -0.478 e. The molecule has 2 aromatic rings. The molecule has 6 heteroatoms. The fourth-order valence-corrected chi connectivity index (χ4v) is 3.88. The number of anilines is 1. The van der Waals surface area contributed by atoms with E-state index in [2.05, 4.69) is 15.2 Å². The van der Waals surface area contributed by atoms with Gasteiger partial charge in [0.15, 0.2) is 0 Å². The maximum Gasteiger partial charge on any atom is 0.225 e.